The van der Waals surface area contributed by atoms with E-state index in [0.29, 0.717) is 65.0 Å². The summed E-state index contributed by atoms with van der Waals surface area (Å²) in [6.45, 7) is 25.7. The molecule has 2 aliphatic rings. The molecular weight excluding hydrogens is 887 g/mol. The molecule has 386 valence electrons. The predicted octanol–water partition coefficient (Wildman–Crippen LogP) is 7.10. The van der Waals surface area contributed by atoms with Crippen LogP contribution in [0.4, 0.5) is 0 Å². The highest BCUT2D eigenvalue weighted by molar-refractivity contribution is 6.00. The van der Waals surface area contributed by atoms with Crippen LogP contribution in [0.2, 0.25) is 0 Å². The third-order valence-corrected chi connectivity index (χ3v) is 14.6. The third-order valence-electron chi connectivity index (χ3n) is 14.6. The van der Waals surface area contributed by atoms with Crippen molar-refractivity contribution in [3.63, 3.8) is 0 Å². The average molecular weight is 972 g/mol. The lowest BCUT2D eigenvalue weighted by Crippen LogP contribution is -2.38. The van der Waals surface area contributed by atoms with Gasteiger partial charge in [-0.15, -0.1) is 0 Å². The van der Waals surface area contributed by atoms with Crippen molar-refractivity contribution in [2.24, 2.45) is 22.9 Å². The molecule has 2 aliphatic heterocycles. The Morgan fingerprint density at radius 1 is 0.493 bits per heavy atom. The minimum absolute atomic E-state index is 0.0163. The van der Waals surface area contributed by atoms with Crippen LogP contribution in [-0.2, 0) is 35.3 Å². The number of aromatic nitrogens is 5. The van der Waals surface area contributed by atoms with Gasteiger partial charge in [0.25, 0.3) is 0 Å². The Morgan fingerprint density at radius 3 is 1.23 bits per heavy atom. The molecule has 0 radical (unpaired) electrons. The minimum Gasteiger partial charge on any atom is -0.355 e. The molecule has 71 heavy (non-hydrogen) atoms. The van der Waals surface area contributed by atoms with Crippen LogP contribution in [0.25, 0.3) is 55.4 Å². The highest BCUT2D eigenvalue weighted by Crippen LogP contribution is 2.40. The van der Waals surface area contributed by atoms with Crippen LogP contribution in [0.15, 0.2) is 24.3 Å². The van der Waals surface area contributed by atoms with Crippen molar-refractivity contribution in [2.75, 3.05) is 78.5 Å². The highest BCUT2D eigenvalue weighted by Gasteiger charge is 2.25. The lowest BCUT2D eigenvalue weighted by atomic mass is 9.99. The second kappa shape index (κ2) is 26.3. The topological polar surface area (TPSA) is 242 Å². The zero-order chi connectivity index (χ0) is 51.2. The van der Waals surface area contributed by atoms with Gasteiger partial charge in [-0.1, -0.05) is 27.7 Å². The molecule has 2 amide bonds. The molecule has 4 aromatic heterocycles. The van der Waals surface area contributed by atoms with Crippen LogP contribution in [0.5, 0.6) is 0 Å². The van der Waals surface area contributed by atoms with Crippen molar-refractivity contribution in [1.82, 2.24) is 45.4 Å². The van der Waals surface area contributed by atoms with Crippen LogP contribution in [0, 0.1) is 13.8 Å². The van der Waals surface area contributed by atoms with Gasteiger partial charge in [-0.3, -0.25) is 9.59 Å². The summed E-state index contributed by atoms with van der Waals surface area (Å²) in [6.07, 6.45) is 6.90. The Bertz CT molecular complexity index is 2590. The van der Waals surface area contributed by atoms with E-state index in [2.05, 4.69) is 115 Å². The summed E-state index contributed by atoms with van der Waals surface area (Å²) in [5, 5.41) is 6.34. The fraction of sp³-hybridized carbons (Fsp3) is 0.536. The van der Waals surface area contributed by atoms with Gasteiger partial charge in [-0.05, 0) is 185 Å². The van der Waals surface area contributed by atoms with E-state index in [1.165, 1.54) is 22.3 Å². The number of fused-ring (bicyclic) bond motifs is 11. The maximum Gasteiger partial charge on any atom is 0.220 e. The molecule has 13 N–H and O–H groups in total. The second-order valence-electron chi connectivity index (χ2n) is 19.2. The van der Waals surface area contributed by atoms with Crippen molar-refractivity contribution >= 4 is 67.2 Å². The van der Waals surface area contributed by atoms with Crippen LogP contribution in [0.3, 0.4) is 0 Å². The van der Waals surface area contributed by atoms with E-state index in [0.717, 1.165) is 167 Å². The molecule has 6 heterocycles. The summed E-state index contributed by atoms with van der Waals surface area (Å²) >= 11 is 0. The van der Waals surface area contributed by atoms with E-state index in [-0.39, 0.29) is 11.8 Å². The molecule has 0 atom stereocenters. The number of carbonyl (C=O) groups excluding carboxylic acids is 2. The predicted molar refractivity (Wildman–Crippen MR) is 296 cm³/mol. The van der Waals surface area contributed by atoms with Gasteiger partial charge in [0.1, 0.15) is 0 Å². The zero-order valence-electron chi connectivity index (χ0n) is 44.3. The maximum absolute atomic E-state index is 13.5. The number of nitrogens with two attached hydrogens (primary N) is 4. The molecule has 0 saturated heterocycles. The number of aromatic amines is 3. The number of aryl methyl sites for hydroxylation is 6. The van der Waals surface area contributed by atoms with Crippen LogP contribution >= 0.6 is 0 Å². The number of rotatable bonds is 26. The summed E-state index contributed by atoms with van der Waals surface area (Å²) in [4.78, 5) is 53.9. The zero-order valence-corrected chi connectivity index (χ0v) is 44.3. The largest absolute Gasteiger partial charge is 0.355 e. The molecule has 0 fully saturated rings. The number of carbonyl (C=O) groups is 2. The van der Waals surface area contributed by atoms with E-state index in [4.69, 9.17) is 32.9 Å². The number of nitrogens with one attached hydrogen (secondary N) is 5. The number of amides is 2. The van der Waals surface area contributed by atoms with Crippen molar-refractivity contribution in [3.8, 4) is 0 Å². The molecule has 0 unspecified atom stereocenters. The summed E-state index contributed by atoms with van der Waals surface area (Å²) in [6, 6.07) is 8.85. The molecule has 6 rings (SSSR count). The first-order chi connectivity index (χ1) is 34.3. The molecule has 4 aromatic rings. The van der Waals surface area contributed by atoms with E-state index in [9.17, 15) is 9.59 Å². The van der Waals surface area contributed by atoms with Crippen molar-refractivity contribution < 1.29 is 9.59 Å². The fourth-order valence-electron chi connectivity index (χ4n) is 10.6. The van der Waals surface area contributed by atoms with Crippen LogP contribution in [-0.4, -0.2) is 125 Å². The Labute approximate surface area is 422 Å². The lowest BCUT2D eigenvalue weighted by Gasteiger charge is -2.21. The van der Waals surface area contributed by atoms with E-state index in [1.54, 1.807) is 0 Å². The van der Waals surface area contributed by atoms with Gasteiger partial charge in [0.15, 0.2) is 0 Å². The van der Waals surface area contributed by atoms with Crippen molar-refractivity contribution in [3.05, 3.63) is 80.4 Å². The Hall–Kier alpha value is -5.42. The Morgan fingerprint density at radius 2 is 0.873 bits per heavy atom. The fourth-order valence-corrected chi connectivity index (χ4v) is 10.6. The summed E-state index contributed by atoms with van der Waals surface area (Å²) in [5.41, 5.74) is 44.5. The van der Waals surface area contributed by atoms with E-state index in [1.807, 2.05) is 0 Å². The van der Waals surface area contributed by atoms with Crippen molar-refractivity contribution in [1.29, 1.82) is 0 Å². The Kier molecular flexibility index (Phi) is 20.4. The quantitative estimate of drug-likeness (QED) is 0.0309. The van der Waals surface area contributed by atoms with Gasteiger partial charge in [0, 0.05) is 98.3 Å². The van der Waals surface area contributed by atoms with E-state index >= 15 is 0 Å². The number of nitrogens with zero attached hydrogens (tertiary/aromatic N) is 4. The molecule has 15 nitrogen and oxygen atoms in total. The lowest BCUT2D eigenvalue weighted by molar-refractivity contribution is -0.121. The van der Waals surface area contributed by atoms with E-state index < -0.39 is 0 Å². The molecule has 10 bridgehead atoms. The first-order valence-corrected chi connectivity index (χ1v) is 26.5. The number of allylic oxidation sites excluding steroid dienone is 4. The van der Waals surface area contributed by atoms with Crippen molar-refractivity contribution in [2.45, 2.75) is 120 Å². The standard InChI is InChI=1S/C56H85N13O2/c1-9-39-37(7)55-56-38(8)40(10-2)48(67-56)32-46-36(6)44(16-18-54(71)62-24-30-69(28-22-60)26-14-20-58)52(64-46)34-50-42(12-4)41(11-3)49(65-50)33-51-43(35(5)45(63-51)31-47(39)66-55)15-17-53(70)61-23-29-68(27-21-59)25-13-19-57/h31-34,63-65H,9-30,57-60H2,1-8H3,(H,61,70)(H,62,71). The molecule has 0 aromatic carbocycles. The van der Waals surface area contributed by atoms with Gasteiger partial charge in [-0.25, -0.2) is 9.97 Å². The Balaban J connectivity index is 1.51. The van der Waals surface area contributed by atoms with Gasteiger partial charge in [-0.2, -0.15) is 0 Å². The smallest absolute Gasteiger partial charge is 0.220 e. The monoisotopic (exact) mass is 972 g/mol. The number of H-pyrrole nitrogens is 3. The summed E-state index contributed by atoms with van der Waals surface area (Å²) in [5.74, 6) is 0.0325. The van der Waals surface area contributed by atoms with Gasteiger partial charge in [0.05, 0.1) is 22.8 Å². The molecular formula is C56H85N13O2. The third kappa shape index (κ3) is 13.2. The molecule has 15 heteroatoms. The number of hydrogen-bond acceptors (Lipinski definition) is 10. The molecule has 0 spiro atoms. The van der Waals surface area contributed by atoms with Gasteiger partial charge >= 0.3 is 0 Å². The van der Waals surface area contributed by atoms with Gasteiger partial charge in [0.2, 0.25) is 11.8 Å². The SMILES string of the molecule is CCC1=C(C)c2nc1cc1[nH]c(cc3[nH]c(cc4[nH]c(cc5nc2C(C)=C5CC)c(C)c4CCC(=O)NCCN(CCN)CCCN)c(CC)c3CC)c(CCC(=O)NCCN(CCN)CCCN)c1C. The van der Waals surface area contributed by atoms with Crippen LogP contribution in [0.1, 0.15) is 136 Å². The minimum atomic E-state index is 0.0163. The first-order valence-electron chi connectivity index (χ1n) is 26.5. The summed E-state index contributed by atoms with van der Waals surface area (Å²) in [7, 11) is 0. The highest BCUT2D eigenvalue weighted by atomic mass is 16.2. The van der Waals surface area contributed by atoms with Gasteiger partial charge < -0.3 is 58.3 Å². The van der Waals surface area contributed by atoms with Crippen LogP contribution < -0.4 is 33.6 Å². The first kappa shape index (κ1) is 54.9. The summed E-state index contributed by atoms with van der Waals surface area (Å²) < 4.78 is 0. The second-order valence-corrected chi connectivity index (χ2v) is 19.2. The number of hydrogen-bond donors (Lipinski definition) is 9. The normalized spacial score (nSPS) is 12.9. The maximum atomic E-state index is 13.5. The molecule has 0 saturated carbocycles. The molecule has 0 aliphatic carbocycles. The average Bonchev–Trinajstić information content (AvgIpc) is 4.11.